The second-order valence-corrected chi connectivity index (χ2v) is 12.3. The molecule has 10 nitrogen and oxygen atoms in total. The average molecular weight is 572 g/mol. The summed E-state index contributed by atoms with van der Waals surface area (Å²) in [5, 5.41) is 1.04. The zero-order chi connectivity index (χ0) is 29.7. The number of pyridine rings is 2. The maximum atomic E-state index is 13.5. The van der Waals surface area contributed by atoms with Crippen molar-refractivity contribution in [1.29, 1.82) is 0 Å². The molecule has 6 rings (SSSR count). The van der Waals surface area contributed by atoms with Crippen LogP contribution >= 0.6 is 0 Å². The fourth-order valence-corrected chi connectivity index (χ4v) is 6.07. The van der Waals surface area contributed by atoms with Gasteiger partial charge in [-0.05, 0) is 62.8 Å². The van der Waals surface area contributed by atoms with E-state index in [1.807, 2.05) is 28.4 Å². The van der Waals surface area contributed by atoms with Crippen molar-refractivity contribution in [3.63, 3.8) is 0 Å². The van der Waals surface area contributed by atoms with Crippen molar-refractivity contribution >= 4 is 28.5 Å². The van der Waals surface area contributed by atoms with E-state index < -0.39 is 0 Å². The molecule has 1 aliphatic carbocycles. The number of piperidine rings is 1. The molecule has 5 heterocycles. The lowest BCUT2D eigenvalue weighted by molar-refractivity contribution is -0.129. The summed E-state index contributed by atoms with van der Waals surface area (Å²) in [7, 11) is 5.19. The van der Waals surface area contributed by atoms with Crippen molar-refractivity contribution in [3.8, 4) is 17.3 Å². The van der Waals surface area contributed by atoms with Crippen LogP contribution < -0.4 is 10.5 Å². The molecule has 222 valence electrons. The third kappa shape index (κ3) is 5.24. The maximum absolute atomic E-state index is 13.5. The Balaban J connectivity index is 1.43. The van der Waals surface area contributed by atoms with Gasteiger partial charge in [-0.3, -0.25) is 14.0 Å². The highest BCUT2D eigenvalue weighted by Gasteiger charge is 2.28. The number of hydrogen-bond acceptors (Lipinski definition) is 6. The van der Waals surface area contributed by atoms with Gasteiger partial charge in [-0.15, -0.1) is 0 Å². The van der Waals surface area contributed by atoms with Crippen LogP contribution in [0.25, 0.3) is 28.1 Å². The van der Waals surface area contributed by atoms with Crippen LogP contribution in [0, 0.1) is 12.8 Å². The topological polar surface area (TPSA) is 111 Å². The Morgan fingerprint density at radius 3 is 2.62 bits per heavy atom. The van der Waals surface area contributed by atoms with E-state index in [0.717, 1.165) is 53.2 Å². The summed E-state index contributed by atoms with van der Waals surface area (Å²) >= 11 is 0. The highest BCUT2D eigenvalue weighted by molar-refractivity contribution is 5.96. The number of fused-ring (bicyclic) bond motifs is 2. The standard InChI is InChI=1S/C32H41N7O3/c1-19(13-28(40)36(3)4)25-11-10-22-14-26(38(31(22)34-25)17-21-8-9-21)30-20(2)39-27(35-30)15-23(16-29(39)42-5)32(41)37-12-6-7-24(33)18-37/h10-11,14-16,19,21,24H,6-9,12-13,17-18,33H2,1-5H3/t19-,24-/m1/s1. The Morgan fingerprint density at radius 1 is 1.14 bits per heavy atom. The zero-order valence-corrected chi connectivity index (χ0v) is 25.3. The number of imidazole rings is 1. The van der Waals surface area contributed by atoms with Gasteiger partial charge in [0.25, 0.3) is 5.91 Å². The van der Waals surface area contributed by atoms with E-state index in [2.05, 4.69) is 23.6 Å². The van der Waals surface area contributed by atoms with Gasteiger partial charge in [0.15, 0.2) is 5.88 Å². The summed E-state index contributed by atoms with van der Waals surface area (Å²) < 4.78 is 10.1. The Labute approximate surface area is 246 Å². The van der Waals surface area contributed by atoms with Gasteiger partial charge in [0.1, 0.15) is 17.0 Å². The van der Waals surface area contributed by atoms with Crippen LogP contribution in [0.2, 0.25) is 0 Å². The number of carbonyl (C=O) groups excluding carboxylic acids is 2. The van der Waals surface area contributed by atoms with Gasteiger partial charge in [-0.25, -0.2) is 9.97 Å². The van der Waals surface area contributed by atoms with Crippen LogP contribution in [0.5, 0.6) is 5.88 Å². The Bertz CT molecular complexity index is 1670. The van der Waals surface area contributed by atoms with Crippen LogP contribution in [0.1, 0.15) is 66.7 Å². The van der Waals surface area contributed by atoms with E-state index >= 15 is 0 Å². The molecule has 0 radical (unpaired) electrons. The lowest BCUT2D eigenvalue weighted by Crippen LogP contribution is -2.45. The maximum Gasteiger partial charge on any atom is 0.254 e. The van der Waals surface area contributed by atoms with E-state index in [1.54, 1.807) is 32.2 Å². The first-order chi connectivity index (χ1) is 20.1. The molecule has 1 saturated heterocycles. The van der Waals surface area contributed by atoms with Crippen molar-refractivity contribution < 1.29 is 14.3 Å². The molecule has 2 N–H and O–H groups in total. The number of aryl methyl sites for hydroxylation is 1. The molecule has 1 aliphatic heterocycles. The molecule has 0 unspecified atom stereocenters. The van der Waals surface area contributed by atoms with Crippen LogP contribution in [0.3, 0.4) is 0 Å². The number of amides is 2. The molecule has 1 saturated carbocycles. The van der Waals surface area contributed by atoms with Crippen LogP contribution in [0.15, 0.2) is 30.3 Å². The Kier molecular flexibility index (Phi) is 7.43. The van der Waals surface area contributed by atoms with Gasteiger partial charge < -0.3 is 24.8 Å². The summed E-state index contributed by atoms with van der Waals surface area (Å²) in [4.78, 5) is 39.5. The summed E-state index contributed by atoms with van der Waals surface area (Å²) in [6.45, 7) is 6.22. The van der Waals surface area contributed by atoms with E-state index in [1.165, 1.54) is 12.8 Å². The van der Waals surface area contributed by atoms with Crippen molar-refractivity contribution in [2.45, 2.75) is 64.5 Å². The number of carbonyl (C=O) groups is 2. The van der Waals surface area contributed by atoms with Crippen molar-refractivity contribution in [3.05, 3.63) is 47.3 Å². The highest BCUT2D eigenvalue weighted by atomic mass is 16.5. The SMILES string of the molecule is COc1cc(C(=O)N2CCC[C@@H](N)C2)cc2nc(-c3cc4ccc([C@H](C)CC(=O)N(C)C)nc4n3CC3CC3)c(C)n12. The second-order valence-electron chi connectivity index (χ2n) is 12.3. The van der Waals surface area contributed by atoms with E-state index in [4.69, 9.17) is 20.4 Å². The first-order valence-electron chi connectivity index (χ1n) is 15.0. The van der Waals surface area contributed by atoms with Crippen molar-refractivity contribution in [1.82, 2.24) is 28.7 Å². The van der Waals surface area contributed by atoms with Gasteiger partial charge in [-0.1, -0.05) is 6.92 Å². The first kappa shape index (κ1) is 28.2. The molecule has 2 fully saturated rings. The molecule has 2 atom stereocenters. The molecular weight excluding hydrogens is 530 g/mol. The summed E-state index contributed by atoms with van der Waals surface area (Å²) in [5.41, 5.74) is 12.0. The molecule has 4 aromatic rings. The van der Waals surface area contributed by atoms with Gasteiger partial charge in [0.2, 0.25) is 5.91 Å². The number of rotatable bonds is 8. The van der Waals surface area contributed by atoms with Gasteiger partial charge in [-0.2, -0.15) is 0 Å². The number of nitrogens with two attached hydrogens (primary N) is 1. The van der Waals surface area contributed by atoms with Gasteiger partial charge in [0.05, 0.1) is 18.5 Å². The number of nitrogens with zero attached hydrogens (tertiary/aromatic N) is 6. The second kappa shape index (κ2) is 11.1. The largest absolute Gasteiger partial charge is 0.482 e. The van der Waals surface area contributed by atoms with Crippen molar-refractivity contribution in [2.24, 2.45) is 11.7 Å². The summed E-state index contributed by atoms with van der Waals surface area (Å²) in [6.07, 6.45) is 4.67. The quantitative estimate of drug-likeness (QED) is 0.339. The van der Waals surface area contributed by atoms with E-state index in [0.29, 0.717) is 42.5 Å². The lowest BCUT2D eigenvalue weighted by Gasteiger charge is -2.30. The summed E-state index contributed by atoms with van der Waals surface area (Å²) in [5.74, 6) is 1.23. The molecule has 42 heavy (non-hydrogen) atoms. The van der Waals surface area contributed by atoms with E-state index in [9.17, 15) is 9.59 Å². The molecule has 10 heteroatoms. The monoisotopic (exact) mass is 571 g/mol. The van der Waals surface area contributed by atoms with Gasteiger partial charge >= 0.3 is 0 Å². The van der Waals surface area contributed by atoms with Gasteiger partial charge in [0, 0.05) is 74.8 Å². The molecule has 2 aliphatic rings. The number of likely N-dealkylation sites (tertiary alicyclic amines) is 1. The molecule has 0 bridgehead atoms. The lowest BCUT2D eigenvalue weighted by atomic mass is 10.0. The minimum Gasteiger partial charge on any atom is -0.482 e. The fourth-order valence-electron chi connectivity index (χ4n) is 6.07. The predicted molar refractivity (Wildman–Crippen MR) is 163 cm³/mol. The Morgan fingerprint density at radius 2 is 1.93 bits per heavy atom. The highest BCUT2D eigenvalue weighted by Crippen LogP contribution is 2.37. The number of methoxy groups -OCH3 is 1. The number of ether oxygens (including phenoxy) is 1. The minimum atomic E-state index is -0.0467. The normalized spacial score (nSPS) is 18.0. The molecular formula is C32H41N7O3. The first-order valence-corrected chi connectivity index (χ1v) is 15.0. The molecule has 2 amide bonds. The van der Waals surface area contributed by atoms with Crippen LogP contribution in [0.4, 0.5) is 0 Å². The third-order valence-corrected chi connectivity index (χ3v) is 8.75. The van der Waals surface area contributed by atoms with E-state index in [-0.39, 0.29) is 23.8 Å². The predicted octanol–water partition coefficient (Wildman–Crippen LogP) is 4.22. The summed E-state index contributed by atoms with van der Waals surface area (Å²) in [6, 6.07) is 9.96. The number of hydrogen-bond donors (Lipinski definition) is 1. The minimum absolute atomic E-state index is 0.00336. The van der Waals surface area contributed by atoms with Crippen molar-refractivity contribution in [2.75, 3.05) is 34.3 Å². The zero-order valence-electron chi connectivity index (χ0n) is 25.3. The Hall–Kier alpha value is -3.92. The fraction of sp³-hybridized carbons (Fsp3) is 0.500. The van der Waals surface area contributed by atoms with Crippen LogP contribution in [-0.2, 0) is 11.3 Å². The van der Waals surface area contributed by atoms with Crippen LogP contribution in [-0.4, -0.2) is 80.9 Å². The third-order valence-electron chi connectivity index (χ3n) is 8.75. The smallest absolute Gasteiger partial charge is 0.254 e. The molecule has 0 aromatic carbocycles. The average Bonchev–Trinajstić information content (AvgIpc) is 3.65. The molecule has 0 spiro atoms. The number of aromatic nitrogens is 4. The molecule has 4 aromatic heterocycles.